The van der Waals surface area contributed by atoms with Crippen LogP contribution in [0.4, 0.5) is 5.69 Å². The van der Waals surface area contributed by atoms with Crippen LogP contribution in [0.3, 0.4) is 0 Å². The van der Waals surface area contributed by atoms with Crippen molar-refractivity contribution in [3.63, 3.8) is 0 Å². The van der Waals surface area contributed by atoms with Crippen molar-refractivity contribution in [3.8, 4) is 0 Å². The number of anilines is 1. The molecule has 2 rings (SSSR count). The highest BCUT2D eigenvalue weighted by atomic mass is 16.5. The van der Waals surface area contributed by atoms with Crippen LogP contribution < -0.4 is 4.90 Å². The number of nitrogens with zero attached hydrogens (tertiary/aromatic N) is 3. The summed E-state index contributed by atoms with van der Waals surface area (Å²) in [6.07, 6.45) is 2.24. The molecule has 0 bridgehead atoms. The predicted molar refractivity (Wildman–Crippen MR) is 80.8 cm³/mol. The maximum Gasteiger partial charge on any atom is 0.0877 e. The second-order valence-electron chi connectivity index (χ2n) is 4.86. The number of pyridine rings is 1. The van der Waals surface area contributed by atoms with Gasteiger partial charge in [-0.1, -0.05) is 13.8 Å². The molecule has 0 aliphatic carbocycles. The van der Waals surface area contributed by atoms with E-state index in [9.17, 15) is 0 Å². The third kappa shape index (κ3) is 5.17. The molecule has 1 aromatic heterocycles. The molecule has 0 aromatic carbocycles. The fourth-order valence-electron chi connectivity index (χ4n) is 2.12. The monoisotopic (exact) mass is 265 g/mol. The Kier molecular flexibility index (Phi) is 6.81. The van der Waals surface area contributed by atoms with Crippen LogP contribution in [-0.2, 0) is 4.74 Å². The van der Waals surface area contributed by atoms with Crippen molar-refractivity contribution in [1.29, 1.82) is 0 Å². The van der Waals surface area contributed by atoms with E-state index in [1.807, 2.05) is 27.0 Å². The van der Waals surface area contributed by atoms with Crippen LogP contribution in [0, 0.1) is 6.92 Å². The number of hydrogen-bond acceptors (Lipinski definition) is 4. The van der Waals surface area contributed by atoms with Crippen LogP contribution in [0.1, 0.15) is 19.5 Å². The van der Waals surface area contributed by atoms with Gasteiger partial charge in [-0.25, -0.2) is 0 Å². The number of rotatable bonds is 3. The van der Waals surface area contributed by atoms with Gasteiger partial charge >= 0.3 is 0 Å². The normalized spacial score (nSPS) is 19.1. The zero-order valence-corrected chi connectivity index (χ0v) is 12.9. The van der Waals surface area contributed by atoms with Gasteiger partial charge in [0.25, 0.3) is 0 Å². The lowest BCUT2D eigenvalue weighted by Crippen LogP contribution is -2.46. The molecule has 0 spiro atoms. The van der Waals surface area contributed by atoms with E-state index >= 15 is 0 Å². The van der Waals surface area contributed by atoms with Crippen molar-refractivity contribution in [2.75, 3.05) is 45.2 Å². The molecule has 0 saturated carbocycles. The van der Waals surface area contributed by atoms with E-state index in [1.165, 1.54) is 5.69 Å². The molecule has 4 heteroatoms. The first-order chi connectivity index (χ1) is 9.15. The van der Waals surface area contributed by atoms with E-state index in [1.54, 1.807) is 0 Å². The van der Waals surface area contributed by atoms with Crippen molar-refractivity contribution in [1.82, 2.24) is 9.88 Å². The maximum absolute atomic E-state index is 5.76. The Morgan fingerprint density at radius 1 is 1.37 bits per heavy atom. The molecule has 0 N–H and O–H groups in total. The van der Waals surface area contributed by atoms with Crippen LogP contribution in [-0.4, -0.2) is 56.3 Å². The highest BCUT2D eigenvalue weighted by molar-refractivity contribution is 5.45. The lowest BCUT2D eigenvalue weighted by molar-refractivity contribution is 0.0247. The molecule has 108 valence electrons. The number of aromatic nitrogens is 1. The Hall–Kier alpha value is -1.13. The van der Waals surface area contributed by atoms with Gasteiger partial charge in [0, 0.05) is 25.3 Å². The fraction of sp³-hybridized carbons (Fsp3) is 0.667. The summed E-state index contributed by atoms with van der Waals surface area (Å²) in [4.78, 5) is 8.87. The number of hydrogen-bond donors (Lipinski definition) is 0. The minimum absolute atomic E-state index is 0.292. The lowest BCUT2D eigenvalue weighted by atomic mass is 10.2. The molecule has 1 unspecified atom stereocenters. The van der Waals surface area contributed by atoms with Gasteiger partial charge in [0.1, 0.15) is 0 Å². The van der Waals surface area contributed by atoms with Gasteiger partial charge in [-0.2, -0.15) is 0 Å². The molecule has 0 radical (unpaired) electrons. The van der Waals surface area contributed by atoms with Crippen LogP contribution >= 0.6 is 0 Å². The van der Waals surface area contributed by atoms with E-state index in [0.29, 0.717) is 6.10 Å². The van der Waals surface area contributed by atoms with Crippen LogP contribution in [0.5, 0.6) is 0 Å². The Morgan fingerprint density at radius 3 is 2.68 bits per heavy atom. The zero-order chi connectivity index (χ0) is 14.3. The minimum atomic E-state index is 0.292. The van der Waals surface area contributed by atoms with Crippen LogP contribution in [0.15, 0.2) is 18.3 Å². The molecular formula is C15H27N3O. The first kappa shape index (κ1) is 15.9. The second-order valence-corrected chi connectivity index (χ2v) is 4.86. The van der Waals surface area contributed by atoms with Gasteiger partial charge < -0.3 is 14.5 Å². The molecule has 1 atom stereocenters. The Balaban J connectivity index is 0.000000861. The van der Waals surface area contributed by atoms with Gasteiger partial charge in [0.05, 0.1) is 24.6 Å². The van der Waals surface area contributed by atoms with Crippen molar-refractivity contribution in [2.45, 2.75) is 26.9 Å². The average molecular weight is 265 g/mol. The topological polar surface area (TPSA) is 28.6 Å². The Morgan fingerprint density at radius 2 is 2.11 bits per heavy atom. The Bertz CT molecular complexity index is 351. The van der Waals surface area contributed by atoms with E-state index in [2.05, 4.69) is 41.0 Å². The first-order valence-corrected chi connectivity index (χ1v) is 7.09. The third-order valence-corrected chi connectivity index (χ3v) is 2.97. The van der Waals surface area contributed by atoms with E-state index in [4.69, 9.17) is 4.74 Å². The largest absolute Gasteiger partial charge is 0.373 e. The van der Waals surface area contributed by atoms with Gasteiger partial charge in [-0.15, -0.1) is 0 Å². The third-order valence-electron chi connectivity index (χ3n) is 2.97. The summed E-state index contributed by atoms with van der Waals surface area (Å²) < 4.78 is 5.76. The predicted octanol–water partition coefficient (Wildman–Crippen LogP) is 2.18. The Labute approximate surface area is 117 Å². The number of morpholine rings is 1. The minimum Gasteiger partial charge on any atom is -0.373 e. The van der Waals surface area contributed by atoms with Crippen molar-refractivity contribution in [3.05, 3.63) is 24.0 Å². The van der Waals surface area contributed by atoms with E-state index < -0.39 is 0 Å². The molecular weight excluding hydrogens is 238 g/mol. The summed E-state index contributed by atoms with van der Waals surface area (Å²) in [7, 11) is 4.16. The standard InChI is InChI=1S/C13H21N3O.C2H6/c1-11-4-5-12(8-14-11)16-6-7-17-13(10-16)9-15(2)3;1-2/h4-5,8,13H,6-7,9-10H2,1-3H3;1-2H3. The first-order valence-electron chi connectivity index (χ1n) is 7.09. The van der Waals surface area contributed by atoms with Gasteiger partial charge in [-0.05, 0) is 33.2 Å². The summed E-state index contributed by atoms with van der Waals surface area (Å²) >= 11 is 0. The fourth-order valence-corrected chi connectivity index (χ4v) is 2.12. The average Bonchev–Trinajstić information content (AvgIpc) is 2.41. The van der Waals surface area contributed by atoms with Crippen LogP contribution in [0.25, 0.3) is 0 Å². The molecule has 1 aromatic rings. The maximum atomic E-state index is 5.76. The van der Waals surface area contributed by atoms with E-state index in [-0.39, 0.29) is 0 Å². The summed E-state index contributed by atoms with van der Waals surface area (Å²) in [5.74, 6) is 0. The SMILES string of the molecule is CC.Cc1ccc(N2CCOC(CN(C)C)C2)cn1. The molecule has 1 fully saturated rings. The van der Waals surface area contributed by atoms with Gasteiger partial charge in [0.2, 0.25) is 0 Å². The highest BCUT2D eigenvalue weighted by Gasteiger charge is 2.21. The van der Waals surface area contributed by atoms with Gasteiger partial charge in [-0.3, -0.25) is 4.98 Å². The van der Waals surface area contributed by atoms with Crippen LogP contribution in [0.2, 0.25) is 0 Å². The number of likely N-dealkylation sites (N-methyl/N-ethyl adjacent to an activating group) is 1. The number of ether oxygens (including phenoxy) is 1. The van der Waals surface area contributed by atoms with Gasteiger partial charge in [0.15, 0.2) is 0 Å². The molecule has 4 nitrogen and oxygen atoms in total. The molecule has 19 heavy (non-hydrogen) atoms. The van der Waals surface area contributed by atoms with Crippen molar-refractivity contribution < 1.29 is 4.74 Å². The summed E-state index contributed by atoms with van der Waals surface area (Å²) in [6.45, 7) is 9.68. The highest BCUT2D eigenvalue weighted by Crippen LogP contribution is 2.17. The summed E-state index contributed by atoms with van der Waals surface area (Å²) in [6, 6.07) is 4.20. The van der Waals surface area contributed by atoms with E-state index in [0.717, 1.165) is 31.9 Å². The molecule has 2 heterocycles. The van der Waals surface area contributed by atoms with Crippen molar-refractivity contribution in [2.24, 2.45) is 0 Å². The smallest absolute Gasteiger partial charge is 0.0877 e. The quantitative estimate of drug-likeness (QED) is 0.837. The summed E-state index contributed by atoms with van der Waals surface area (Å²) in [5, 5.41) is 0. The molecule has 0 amide bonds. The zero-order valence-electron chi connectivity index (χ0n) is 12.9. The molecule has 1 aliphatic rings. The van der Waals surface area contributed by atoms with Crippen molar-refractivity contribution >= 4 is 5.69 Å². The molecule has 1 saturated heterocycles. The lowest BCUT2D eigenvalue weighted by Gasteiger charge is -2.35. The second kappa shape index (κ2) is 8.12. The molecule has 1 aliphatic heterocycles. The summed E-state index contributed by atoms with van der Waals surface area (Å²) in [5.41, 5.74) is 2.26. The number of aryl methyl sites for hydroxylation is 1.